The van der Waals surface area contributed by atoms with E-state index < -0.39 is 17.9 Å². The second kappa shape index (κ2) is 7.65. The fourth-order valence-corrected chi connectivity index (χ4v) is 1.58. The number of halogens is 3. The van der Waals surface area contributed by atoms with E-state index in [9.17, 15) is 18.0 Å². The van der Waals surface area contributed by atoms with E-state index >= 15 is 0 Å². The molecular weight excluding hydrogens is 287 g/mol. The number of nitrogens with zero attached hydrogens (tertiary/aromatic N) is 2. The Morgan fingerprint density at radius 2 is 1.86 bits per heavy atom. The summed E-state index contributed by atoms with van der Waals surface area (Å²) in [5.74, 6) is -1.39. The molecule has 0 fully saturated rings. The van der Waals surface area contributed by atoms with Gasteiger partial charge in [0, 0.05) is 25.6 Å². The number of alkyl halides is 3. The predicted molar refractivity (Wildman–Crippen MR) is 72.7 cm³/mol. The highest BCUT2D eigenvalue weighted by atomic mass is 19.4. The first-order valence-electron chi connectivity index (χ1n) is 6.55. The van der Waals surface area contributed by atoms with Gasteiger partial charge in [-0.15, -0.1) is 0 Å². The molecule has 1 aromatic rings. The minimum Gasteiger partial charge on any atom is -0.370 e. The number of amides is 1. The first-order valence-corrected chi connectivity index (χ1v) is 6.55. The van der Waals surface area contributed by atoms with Crippen molar-refractivity contribution in [3.8, 4) is 0 Å². The summed E-state index contributed by atoms with van der Waals surface area (Å²) in [5.41, 5.74) is 4.99. The van der Waals surface area contributed by atoms with Gasteiger partial charge in [0.1, 0.15) is 11.6 Å². The Kier molecular flexibility index (Phi) is 6.19. The number of nitrogens with two attached hydrogens (primary N) is 1. The summed E-state index contributed by atoms with van der Waals surface area (Å²) in [6.07, 6.45) is -3.18. The highest BCUT2D eigenvalue weighted by molar-refractivity contribution is 5.73. The molecule has 0 aliphatic heterocycles. The maximum absolute atomic E-state index is 12.7. The summed E-state index contributed by atoms with van der Waals surface area (Å²) >= 11 is 0. The van der Waals surface area contributed by atoms with Crippen LogP contribution >= 0.6 is 0 Å². The van der Waals surface area contributed by atoms with Crippen molar-refractivity contribution in [1.29, 1.82) is 0 Å². The number of hydrogen-bond donors (Lipinski definition) is 3. The summed E-state index contributed by atoms with van der Waals surface area (Å²) in [7, 11) is 0. The number of anilines is 2. The zero-order chi connectivity index (χ0) is 15.9. The third-order valence-corrected chi connectivity index (χ3v) is 2.49. The van der Waals surface area contributed by atoms with Crippen molar-refractivity contribution in [3.63, 3.8) is 0 Å². The second-order valence-electron chi connectivity index (χ2n) is 4.34. The van der Waals surface area contributed by atoms with E-state index in [4.69, 9.17) is 5.73 Å². The Labute approximate surface area is 120 Å². The molecule has 9 heteroatoms. The predicted octanol–water partition coefficient (Wildman–Crippen LogP) is 1.99. The van der Waals surface area contributed by atoms with Crippen LogP contribution in [0.5, 0.6) is 0 Å². The third-order valence-electron chi connectivity index (χ3n) is 2.49. The molecule has 0 aliphatic rings. The Morgan fingerprint density at radius 1 is 1.24 bits per heavy atom. The molecule has 1 heterocycles. The van der Waals surface area contributed by atoms with E-state index in [0.717, 1.165) is 0 Å². The minimum atomic E-state index is -4.60. The monoisotopic (exact) mass is 305 g/mol. The molecule has 118 valence electrons. The maximum Gasteiger partial charge on any atom is 0.451 e. The van der Waals surface area contributed by atoms with Crippen LogP contribution < -0.4 is 16.4 Å². The van der Waals surface area contributed by atoms with E-state index in [2.05, 4.69) is 20.6 Å². The molecule has 0 bridgehead atoms. The van der Waals surface area contributed by atoms with Gasteiger partial charge >= 0.3 is 6.18 Å². The molecule has 1 amide bonds. The molecule has 1 aromatic heterocycles. The molecule has 4 N–H and O–H groups in total. The fraction of sp³-hybridized carbons (Fsp3) is 0.583. The minimum absolute atomic E-state index is 0.0901. The molecule has 0 aromatic carbocycles. The van der Waals surface area contributed by atoms with Gasteiger partial charge < -0.3 is 16.4 Å². The van der Waals surface area contributed by atoms with Gasteiger partial charge in [0.05, 0.1) is 0 Å². The molecule has 0 saturated heterocycles. The number of carbonyl (C=O) groups excluding carboxylic acids is 1. The van der Waals surface area contributed by atoms with Gasteiger partial charge in [-0.25, -0.2) is 9.97 Å². The first-order chi connectivity index (χ1) is 9.82. The van der Waals surface area contributed by atoms with Crippen LogP contribution in [0, 0.1) is 0 Å². The topological polar surface area (TPSA) is 92.9 Å². The number of unbranched alkanes of at least 4 members (excludes halogenated alkanes) is 1. The highest BCUT2D eigenvalue weighted by Gasteiger charge is 2.35. The average Bonchev–Trinajstić information content (AvgIpc) is 2.37. The largest absolute Gasteiger partial charge is 0.451 e. The smallest absolute Gasteiger partial charge is 0.370 e. The number of rotatable bonds is 8. The van der Waals surface area contributed by atoms with Crippen molar-refractivity contribution in [2.24, 2.45) is 5.73 Å². The molecule has 0 spiro atoms. The molecule has 1 rings (SSSR count). The van der Waals surface area contributed by atoms with E-state index in [-0.39, 0.29) is 18.1 Å². The number of primary amides is 1. The molecular formula is C12H18F3N5O. The summed E-state index contributed by atoms with van der Waals surface area (Å²) in [6.45, 7) is 2.60. The Bertz CT molecular complexity index is 478. The number of carbonyl (C=O) groups is 1. The van der Waals surface area contributed by atoms with Gasteiger partial charge in [0.25, 0.3) is 0 Å². The number of nitrogens with one attached hydrogen (secondary N) is 2. The number of aromatic nitrogens is 2. The molecule has 0 radical (unpaired) electrons. The molecule has 0 saturated carbocycles. The van der Waals surface area contributed by atoms with Crippen molar-refractivity contribution in [3.05, 3.63) is 11.9 Å². The zero-order valence-corrected chi connectivity index (χ0v) is 11.6. The second-order valence-corrected chi connectivity index (χ2v) is 4.34. The van der Waals surface area contributed by atoms with Crippen LogP contribution in [0.1, 0.15) is 32.0 Å². The van der Waals surface area contributed by atoms with Gasteiger partial charge in [-0.2, -0.15) is 13.2 Å². The van der Waals surface area contributed by atoms with Gasteiger partial charge in [-0.05, 0) is 19.8 Å². The van der Waals surface area contributed by atoms with Gasteiger partial charge in [0.2, 0.25) is 11.7 Å². The van der Waals surface area contributed by atoms with Crippen LogP contribution in [-0.4, -0.2) is 29.0 Å². The maximum atomic E-state index is 12.7. The van der Waals surface area contributed by atoms with Gasteiger partial charge in [-0.1, -0.05) is 0 Å². The SMILES string of the molecule is CCNc1cc(NCCCCC(N)=O)nc(C(F)(F)F)n1. The van der Waals surface area contributed by atoms with E-state index in [1.165, 1.54) is 6.07 Å². The molecule has 0 atom stereocenters. The lowest BCUT2D eigenvalue weighted by atomic mass is 10.2. The normalized spacial score (nSPS) is 11.2. The molecule has 6 nitrogen and oxygen atoms in total. The summed E-state index contributed by atoms with van der Waals surface area (Å²) < 4.78 is 38.1. The Morgan fingerprint density at radius 3 is 2.38 bits per heavy atom. The summed E-state index contributed by atoms with van der Waals surface area (Å²) in [5, 5.41) is 5.51. The van der Waals surface area contributed by atoms with E-state index in [1.54, 1.807) is 6.92 Å². The van der Waals surface area contributed by atoms with Crippen molar-refractivity contribution in [2.75, 3.05) is 23.7 Å². The van der Waals surface area contributed by atoms with Crippen LogP contribution in [0.4, 0.5) is 24.8 Å². The summed E-state index contributed by atoms with van der Waals surface area (Å²) in [6, 6.07) is 1.41. The van der Waals surface area contributed by atoms with E-state index in [0.29, 0.717) is 25.9 Å². The van der Waals surface area contributed by atoms with Crippen molar-refractivity contribution in [2.45, 2.75) is 32.4 Å². The average molecular weight is 305 g/mol. The Hall–Kier alpha value is -2.06. The van der Waals surface area contributed by atoms with Gasteiger partial charge in [0.15, 0.2) is 0 Å². The van der Waals surface area contributed by atoms with Gasteiger partial charge in [-0.3, -0.25) is 4.79 Å². The molecule has 0 aliphatic carbocycles. The molecule has 21 heavy (non-hydrogen) atoms. The molecule has 0 unspecified atom stereocenters. The van der Waals surface area contributed by atoms with Crippen molar-refractivity contribution >= 4 is 17.5 Å². The van der Waals surface area contributed by atoms with Crippen molar-refractivity contribution < 1.29 is 18.0 Å². The first kappa shape index (κ1) is 17.0. The summed E-state index contributed by atoms with van der Waals surface area (Å²) in [4.78, 5) is 17.4. The quantitative estimate of drug-likeness (QED) is 0.639. The van der Waals surface area contributed by atoms with Crippen LogP contribution in [-0.2, 0) is 11.0 Å². The van der Waals surface area contributed by atoms with Crippen LogP contribution in [0.2, 0.25) is 0 Å². The van der Waals surface area contributed by atoms with Crippen LogP contribution in [0.25, 0.3) is 0 Å². The van der Waals surface area contributed by atoms with E-state index in [1.807, 2.05) is 0 Å². The zero-order valence-electron chi connectivity index (χ0n) is 11.6. The third kappa shape index (κ3) is 6.28. The van der Waals surface area contributed by atoms with Crippen LogP contribution in [0.15, 0.2) is 6.07 Å². The number of hydrogen-bond acceptors (Lipinski definition) is 5. The standard InChI is InChI=1S/C12H18F3N5O/c1-2-17-9-7-10(18-6-4-3-5-8(16)21)20-11(19-9)12(13,14)15/h7H,2-6H2,1H3,(H2,16,21)(H2,17,18,19,20). The van der Waals surface area contributed by atoms with Crippen molar-refractivity contribution in [1.82, 2.24) is 9.97 Å². The van der Waals surface area contributed by atoms with Crippen LogP contribution in [0.3, 0.4) is 0 Å². The Balaban J connectivity index is 2.67. The fourth-order valence-electron chi connectivity index (χ4n) is 1.58. The lowest BCUT2D eigenvalue weighted by Gasteiger charge is -2.12. The lowest BCUT2D eigenvalue weighted by molar-refractivity contribution is -0.144. The lowest BCUT2D eigenvalue weighted by Crippen LogP contribution is -2.16. The highest BCUT2D eigenvalue weighted by Crippen LogP contribution is 2.28.